The van der Waals surface area contributed by atoms with Gasteiger partial charge in [-0.2, -0.15) is 18.4 Å². The number of nitriles is 1. The molecule has 2 aromatic carbocycles. The number of piperidine rings is 1. The maximum Gasteiger partial charge on any atom is 0.416 e. The number of rotatable bonds is 5. The average Bonchev–Trinajstić information content (AvgIpc) is 3.29. The lowest BCUT2D eigenvalue weighted by Crippen LogP contribution is -2.79. The van der Waals surface area contributed by atoms with Crippen molar-refractivity contribution in [1.82, 2.24) is 9.80 Å². The molecule has 1 amide bonds. The minimum Gasteiger partial charge on any atom is -0.504 e. The molecular formula is C31H30F3N3O4. The summed E-state index contributed by atoms with van der Waals surface area (Å²) in [5, 5.41) is 33.5. The number of carbonyl (C=O) groups excluding carboxylic acids is 1. The molecule has 2 aliphatic carbocycles. The number of ether oxygens (including phenoxy) is 1. The number of phenols is 1. The normalized spacial score (nSPS) is 31.7. The first-order valence-electron chi connectivity index (χ1n) is 13.6. The van der Waals surface area contributed by atoms with Crippen LogP contribution in [-0.4, -0.2) is 69.3 Å². The predicted molar refractivity (Wildman–Crippen MR) is 144 cm³/mol. The largest absolute Gasteiger partial charge is 0.504 e. The van der Waals surface area contributed by atoms with Crippen LogP contribution in [0.4, 0.5) is 13.2 Å². The van der Waals surface area contributed by atoms with E-state index in [1.807, 2.05) is 11.0 Å². The Morgan fingerprint density at radius 3 is 2.83 bits per heavy atom. The molecule has 6 rings (SSSR count). The molecule has 10 heteroatoms. The molecule has 1 saturated carbocycles. The SMILES string of the molecule is C=CCN1C(C#N)C[C@]23c4c5ccc(O)c4OC2C(N(C)C(=O)/C=C/c2cccc(C(F)(F)F)c2)CC[C@@]3(O)[C@H]1C5. The zero-order chi connectivity index (χ0) is 29.3. The van der Waals surface area contributed by atoms with Crippen molar-refractivity contribution in [3.05, 3.63) is 77.4 Å². The second-order valence-corrected chi connectivity index (χ2v) is 11.4. The Labute approximate surface area is 235 Å². The topological polar surface area (TPSA) is 97.0 Å². The van der Waals surface area contributed by atoms with Crippen molar-refractivity contribution in [2.45, 2.75) is 67.1 Å². The van der Waals surface area contributed by atoms with E-state index in [2.05, 4.69) is 12.6 Å². The molecule has 0 radical (unpaired) electrons. The Kier molecular flexibility index (Phi) is 6.25. The maximum atomic E-state index is 13.4. The summed E-state index contributed by atoms with van der Waals surface area (Å²) in [4.78, 5) is 16.9. The smallest absolute Gasteiger partial charge is 0.416 e. The fourth-order valence-corrected chi connectivity index (χ4v) is 7.83. The van der Waals surface area contributed by atoms with Gasteiger partial charge in [-0.15, -0.1) is 6.58 Å². The Balaban J connectivity index is 1.38. The Morgan fingerprint density at radius 1 is 1.34 bits per heavy atom. The summed E-state index contributed by atoms with van der Waals surface area (Å²) in [6.07, 6.45) is 0.495. The Morgan fingerprint density at radius 2 is 2.12 bits per heavy atom. The molecule has 3 unspecified atom stereocenters. The van der Waals surface area contributed by atoms with E-state index in [0.717, 1.165) is 17.7 Å². The third-order valence-corrected chi connectivity index (χ3v) is 9.59. The highest BCUT2D eigenvalue weighted by Crippen LogP contribution is 2.66. The van der Waals surface area contributed by atoms with Gasteiger partial charge in [0.25, 0.3) is 0 Å². The van der Waals surface area contributed by atoms with Crippen LogP contribution < -0.4 is 4.74 Å². The number of phenolic OH excluding ortho intramolecular Hbond substituents is 1. The van der Waals surface area contributed by atoms with Crippen molar-refractivity contribution in [1.29, 1.82) is 5.26 Å². The molecule has 2 aromatic rings. The molecule has 2 N–H and O–H groups in total. The molecule has 7 nitrogen and oxygen atoms in total. The molecule has 2 heterocycles. The minimum atomic E-state index is -4.50. The van der Waals surface area contributed by atoms with Gasteiger partial charge < -0.3 is 19.8 Å². The number of carbonyl (C=O) groups is 1. The Bertz CT molecular complexity index is 1500. The van der Waals surface area contributed by atoms with Crippen LogP contribution in [0.3, 0.4) is 0 Å². The van der Waals surface area contributed by atoms with Gasteiger partial charge in [-0.1, -0.05) is 24.3 Å². The van der Waals surface area contributed by atoms with Crippen molar-refractivity contribution in [3.8, 4) is 17.6 Å². The van der Waals surface area contributed by atoms with Crippen molar-refractivity contribution in [3.63, 3.8) is 0 Å². The summed E-state index contributed by atoms with van der Waals surface area (Å²) in [6.45, 7) is 4.28. The van der Waals surface area contributed by atoms with Crippen LogP contribution in [0.15, 0.2) is 55.1 Å². The summed E-state index contributed by atoms with van der Waals surface area (Å²) in [5.74, 6) is -0.218. The zero-order valence-electron chi connectivity index (χ0n) is 22.4. The van der Waals surface area contributed by atoms with Crippen LogP contribution in [0.1, 0.15) is 41.5 Å². The van der Waals surface area contributed by atoms with E-state index in [-0.39, 0.29) is 23.5 Å². The number of likely N-dealkylation sites (N-methyl/N-ethyl adjacent to an activating group) is 1. The van der Waals surface area contributed by atoms with Gasteiger partial charge in [0.1, 0.15) is 6.10 Å². The maximum absolute atomic E-state index is 13.4. The number of hydrogen-bond acceptors (Lipinski definition) is 6. The van der Waals surface area contributed by atoms with Crippen LogP contribution >= 0.6 is 0 Å². The van der Waals surface area contributed by atoms with Crippen LogP contribution in [-0.2, 0) is 22.8 Å². The lowest BCUT2D eigenvalue weighted by Gasteiger charge is -2.65. The predicted octanol–water partition coefficient (Wildman–Crippen LogP) is 4.18. The highest BCUT2D eigenvalue weighted by molar-refractivity contribution is 5.92. The van der Waals surface area contributed by atoms with Gasteiger partial charge in [-0.3, -0.25) is 9.69 Å². The number of aromatic hydroxyl groups is 1. The fraction of sp³-hybridized carbons (Fsp3) is 0.419. The number of amides is 1. The molecule has 2 bridgehead atoms. The first kappa shape index (κ1) is 27.4. The van der Waals surface area contributed by atoms with Crippen LogP contribution in [0.2, 0.25) is 0 Å². The summed E-state index contributed by atoms with van der Waals surface area (Å²) >= 11 is 0. The third-order valence-electron chi connectivity index (χ3n) is 9.59. The monoisotopic (exact) mass is 565 g/mol. The van der Waals surface area contributed by atoms with Gasteiger partial charge in [0.05, 0.1) is 34.7 Å². The van der Waals surface area contributed by atoms with Crippen LogP contribution in [0, 0.1) is 11.3 Å². The van der Waals surface area contributed by atoms with E-state index >= 15 is 0 Å². The summed E-state index contributed by atoms with van der Waals surface area (Å²) in [7, 11) is 1.60. The highest BCUT2D eigenvalue weighted by Gasteiger charge is 2.74. The van der Waals surface area contributed by atoms with Gasteiger partial charge in [-0.05, 0) is 61.1 Å². The molecule has 1 saturated heterocycles. The third kappa shape index (κ3) is 3.82. The van der Waals surface area contributed by atoms with Gasteiger partial charge in [0.2, 0.25) is 5.91 Å². The molecule has 2 aliphatic heterocycles. The lowest BCUT2D eigenvalue weighted by atomic mass is 9.47. The average molecular weight is 566 g/mol. The van der Waals surface area contributed by atoms with Crippen molar-refractivity contribution < 1.29 is 32.9 Å². The summed E-state index contributed by atoms with van der Waals surface area (Å²) in [5.41, 5.74) is -1.25. The number of likely N-dealkylation sites (tertiary alicyclic amines) is 1. The molecular weight excluding hydrogens is 535 g/mol. The van der Waals surface area contributed by atoms with Gasteiger partial charge >= 0.3 is 6.18 Å². The summed E-state index contributed by atoms with van der Waals surface area (Å²) in [6, 6.07) is 9.06. The number of aliphatic hydroxyl groups is 1. The molecule has 214 valence electrons. The Hall–Kier alpha value is -3.81. The molecule has 4 aliphatic rings. The van der Waals surface area contributed by atoms with Crippen molar-refractivity contribution in [2.24, 2.45) is 0 Å². The number of benzene rings is 2. The highest BCUT2D eigenvalue weighted by atomic mass is 19.4. The number of nitrogens with zero attached hydrogens (tertiary/aromatic N) is 3. The first-order chi connectivity index (χ1) is 19.5. The molecule has 2 fully saturated rings. The number of halogens is 3. The second-order valence-electron chi connectivity index (χ2n) is 11.4. The van der Waals surface area contributed by atoms with Gasteiger partial charge in [0.15, 0.2) is 11.5 Å². The minimum absolute atomic E-state index is 0.0625. The standard InChI is InChI=1S/C31H30F3N3O4/c1-3-13-37-21(17-35)16-29-26-19-8-9-23(38)27(26)41-28(29)22(11-12-30(29,40)24(37)15-19)36(2)25(39)10-7-18-5-4-6-20(14-18)31(32,33)34/h3-10,14,21-22,24,28,38,40H,1,11-13,15-16H2,2H3/b10-7+/t21?,22?,24-,28?,29+,30-/m1/s1. The van der Waals surface area contributed by atoms with Crippen LogP contribution in [0.5, 0.6) is 11.5 Å². The van der Waals surface area contributed by atoms with Crippen LogP contribution in [0.25, 0.3) is 6.08 Å². The van der Waals surface area contributed by atoms with E-state index in [0.29, 0.717) is 31.4 Å². The number of alkyl halides is 3. The van der Waals surface area contributed by atoms with E-state index in [1.165, 1.54) is 29.2 Å². The number of hydrogen-bond donors (Lipinski definition) is 2. The van der Waals surface area contributed by atoms with Crippen molar-refractivity contribution >= 4 is 12.0 Å². The fourth-order valence-electron chi connectivity index (χ4n) is 7.83. The molecule has 0 aromatic heterocycles. The molecule has 6 atom stereocenters. The molecule has 1 spiro atoms. The van der Waals surface area contributed by atoms with E-state index in [9.17, 15) is 33.4 Å². The van der Waals surface area contributed by atoms with E-state index in [4.69, 9.17) is 4.74 Å². The lowest BCUT2D eigenvalue weighted by molar-refractivity contribution is -0.205. The molecule has 41 heavy (non-hydrogen) atoms. The first-order valence-corrected chi connectivity index (χ1v) is 13.6. The van der Waals surface area contributed by atoms with Crippen molar-refractivity contribution in [2.75, 3.05) is 13.6 Å². The van der Waals surface area contributed by atoms with Gasteiger partial charge in [0, 0.05) is 31.3 Å². The van der Waals surface area contributed by atoms with Gasteiger partial charge in [-0.25, -0.2) is 0 Å². The second kappa shape index (κ2) is 9.36. The summed E-state index contributed by atoms with van der Waals surface area (Å²) < 4.78 is 45.9. The van der Waals surface area contributed by atoms with E-state index in [1.54, 1.807) is 19.2 Å². The van der Waals surface area contributed by atoms with E-state index < -0.39 is 52.9 Å². The quantitative estimate of drug-likeness (QED) is 0.417. The zero-order valence-corrected chi connectivity index (χ0v) is 22.4.